The fourth-order valence-corrected chi connectivity index (χ4v) is 5.34. The van der Waals surface area contributed by atoms with Crippen molar-refractivity contribution in [1.29, 1.82) is 0 Å². The molecule has 3 rings (SSSR count). The van der Waals surface area contributed by atoms with E-state index in [1.54, 1.807) is 11.3 Å². The number of hydrogen-bond acceptors (Lipinski definition) is 4. The van der Waals surface area contributed by atoms with Crippen molar-refractivity contribution in [2.24, 2.45) is 17.2 Å². The van der Waals surface area contributed by atoms with Gasteiger partial charge in [0.05, 0.1) is 5.56 Å². The molecule has 0 atom stereocenters. The predicted molar refractivity (Wildman–Crippen MR) is 112 cm³/mol. The second kappa shape index (κ2) is 7.74. The van der Waals surface area contributed by atoms with Gasteiger partial charge in [0.25, 0.3) is 0 Å². The largest absolute Gasteiger partial charge is 0.478 e. The smallest absolute Gasteiger partial charge is 0.337 e. The summed E-state index contributed by atoms with van der Waals surface area (Å²) in [5.41, 5.74) is 3.79. The average molecular weight is 387 g/mol. The van der Waals surface area contributed by atoms with Gasteiger partial charge in [-0.15, -0.1) is 11.3 Å². The summed E-state index contributed by atoms with van der Waals surface area (Å²) in [6, 6.07) is 8.08. The van der Waals surface area contributed by atoms with Crippen LogP contribution in [0.4, 0.5) is 0 Å². The Labute approximate surface area is 166 Å². The summed E-state index contributed by atoms with van der Waals surface area (Å²) in [4.78, 5) is 14.3. The second-order valence-electron chi connectivity index (χ2n) is 8.83. The van der Waals surface area contributed by atoms with Gasteiger partial charge < -0.3 is 5.11 Å². The number of carboxylic acids is 1. The molecule has 1 heterocycles. The normalized spacial score (nSPS) is 16.0. The highest BCUT2D eigenvalue weighted by Gasteiger charge is 2.33. The van der Waals surface area contributed by atoms with Crippen molar-refractivity contribution in [3.63, 3.8) is 0 Å². The quantitative estimate of drug-likeness (QED) is 0.544. The first kappa shape index (κ1) is 20.1. The first-order valence-electron chi connectivity index (χ1n) is 9.63. The van der Waals surface area contributed by atoms with E-state index in [1.807, 2.05) is 23.2 Å². The predicted octanol–water partition coefficient (Wildman–Crippen LogP) is 4.96. The maximum Gasteiger partial charge on any atom is 0.337 e. The molecule has 3 N–H and O–H groups in total. The van der Waals surface area contributed by atoms with E-state index >= 15 is 0 Å². The zero-order chi connectivity index (χ0) is 19.8. The minimum absolute atomic E-state index is 0.153. The van der Waals surface area contributed by atoms with Crippen molar-refractivity contribution >= 4 is 17.3 Å². The first-order chi connectivity index (χ1) is 12.7. The molecule has 27 heavy (non-hydrogen) atoms. The van der Waals surface area contributed by atoms with Crippen molar-refractivity contribution in [1.82, 2.24) is 5.01 Å². The number of carboxylic acid groups (broad SMARTS) is 1. The number of thiophene rings is 1. The van der Waals surface area contributed by atoms with Crippen LogP contribution in [0.5, 0.6) is 0 Å². The van der Waals surface area contributed by atoms with Crippen LogP contribution >= 0.6 is 11.3 Å². The molecule has 0 saturated heterocycles. The van der Waals surface area contributed by atoms with Crippen molar-refractivity contribution in [3.05, 3.63) is 45.8 Å². The van der Waals surface area contributed by atoms with Gasteiger partial charge in [0, 0.05) is 22.8 Å². The van der Waals surface area contributed by atoms with E-state index in [9.17, 15) is 9.90 Å². The Morgan fingerprint density at radius 3 is 2.70 bits per heavy atom. The fraction of sp³-hybridized carbons (Fsp3) is 0.500. The van der Waals surface area contributed by atoms with Crippen LogP contribution < -0.4 is 5.84 Å². The van der Waals surface area contributed by atoms with Crippen molar-refractivity contribution < 1.29 is 9.90 Å². The zero-order valence-corrected chi connectivity index (χ0v) is 17.5. The topological polar surface area (TPSA) is 66.6 Å². The fourth-order valence-electron chi connectivity index (χ4n) is 3.97. The highest BCUT2D eigenvalue weighted by Crippen LogP contribution is 2.45. The molecule has 0 fully saturated rings. The number of aromatic carboxylic acids is 1. The molecule has 5 heteroatoms. The lowest BCUT2D eigenvalue weighted by molar-refractivity contribution is 0.0696. The van der Waals surface area contributed by atoms with Gasteiger partial charge in [0.15, 0.2) is 0 Å². The number of carbonyl (C=O) groups is 1. The molecule has 0 radical (unpaired) electrons. The van der Waals surface area contributed by atoms with E-state index in [-0.39, 0.29) is 5.41 Å². The highest BCUT2D eigenvalue weighted by molar-refractivity contribution is 7.16. The minimum Gasteiger partial charge on any atom is -0.478 e. The van der Waals surface area contributed by atoms with E-state index in [1.165, 1.54) is 4.88 Å². The Hall–Kier alpha value is -1.69. The van der Waals surface area contributed by atoms with E-state index in [0.717, 1.165) is 47.4 Å². The molecule has 1 aromatic heterocycles. The molecule has 0 aliphatic heterocycles. The maximum absolute atomic E-state index is 12.2. The molecule has 1 aliphatic carbocycles. The lowest BCUT2D eigenvalue weighted by Gasteiger charge is -2.29. The highest BCUT2D eigenvalue weighted by atomic mass is 32.1. The number of hydrazine groups is 1. The van der Waals surface area contributed by atoms with Gasteiger partial charge >= 0.3 is 5.97 Å². The number of nitrogens with zero attached hydrogens (tertiary/aromatic N) is 1. The van der Waals surface area contributed by atoms with Crippen LogP contribution in [0.3, 0.4) is 0 Å². The van der Waals surface area contributed by atoms with Gasteiger partial charge in [0.1, 0.15) is 0 Å². The van der Waals surface area contributed by atoms with Crippen LogP contribution in [0.1, 0.15) is 60.5 Å². The van der Waals surface area contributed by atoms with Gasteiger partial charge in [-0.25, -0.2) is 9.80 Å². The molecule has 0 saturated carbocycles. The van der Waals surface area contributed by atoms with Crippen molar-refractivity contribution in [3.8, 4) is 10.4 Å². The molecule has 4 nitrogen and oxygen atoms in total. The molecule has 2 aromatic rings. The van der Waals surface area contributed by atoms with Crippen LogP contribution in [0, 0.1) is 11.3 Å². The molecule has 1 aromatic carbocycles. The summed E-state index contributed by atoms with van der Waals surface area (Å²) in [7, 11) is 0. The number of benzene rings is 1. The van der Waals surface area contributed by atoms with Crippen molar-refractivity contribution in [2.75, 3.05) is 6.54 Å². The van der Waals surface area contributed by atoms with Gasteiger partial charge in [-0.1, -0.05) is 52.0 Å². The Morgan fingerprint density at radius 1 is 1.33 bits per heavy atom. The minimum atomic E-state index is -0.818. The monoisotopic (exact) mass is 386 g/mol. The lowest BCUT2D eigenvalue weighted by Crippen LogP contribution is -2.33. The first-order valence-corrected chi connectivity index (χ1v) is 10.5. The molecule has 146 valence electrons. The van der Waals surface area contributed by atoms with E-state index in [0.29, 0.717) is 18.0 Å². The Morgan fingerprint density at radius 2 is 2.04 bits per heavy atom. The van der Waals surface area contributed by atoms with Crippen LogP contribution in [-0.4, -0.2) is 22.6 Å². The molecule has 1 aliphatic rings. The SMILES string of the molecule is CC(C)CN(N)Cc1ccccc1-c1sc2c(c1C(=O)O)CC(C)(C)CC2. The van der Waals surface area contributed by atoms with Gasteiger partial charge in [0.2, 0.25) is 0 Å². The third kappa shape index (κ3) is 4.42. The van der Waals surface area contributed by atoms with Gasteiger partial charge in [-0.2, -0.15) is 0 Å². The summed E-state index contributed by atoms with van der Waals surface area (Å²) in [5, 5.41) is 11.8. The van der Waals surface area contributed by atoms with E-state index in [4.69, 9.17) is 5.84 Å². The van der Waals surface area contributed by atoms with Crippen LogP contribution in [0.25, 0.3) is 10.4 Å². The number of nitrogens with two attached hydrogens (primary N) is 1. The summed E-state index contributed by atoms with van der Waals surface area (Å²) >= 11 is 1.66. The van der Waals surface area contributed by atoms with Crippen LogP contribution in [-0.2, 0) is 19.4 Å². The number of aryl methyl sites for hydroxylation is 1. The second-order valence-corrected chi connectivity index (χ2v) is 9.94. The van der Waals surface area contributed by atoms with Gasteiger partial charge in [-0.05, 0) is 47.3 Å². The Bertz CT molecular complexity index is 839. The molecule has 0 bridgehead atoms. The summed E-state index contributed by atoms with van der Waals surface area (Å²) < 4.78 is 0. The lowest BCUT2D eigenvalue weighted by atomic mass is 9.76. The Balaban J connectivity index is 2.05. The molecule has 0 unspecified atom stereocenters. The molecule has 0 amide bonds. The van der Waals surface area contributed by atoms with Crippen LogP contribution in [0.15, 0.2) is 24.3 Å². The third-order valence-corrected chi connectivity index (χ3v) is 6.55. The van der Waals surface area contributed by atoms with Crippen molar-refractivity contribution in [2.45, 2.75) is 53.5 Å². The number of hydrogen-bond donors (Lipinski definition) is 2. The summed E-state index contributed by atoms with van der Waals surface area (Å²) in [5.74, 6) is 5.87. The average Bonchev–Trinajstić information content (AvgIpc) is 2.91. The Kier molecular flexibility index (Phi) is 5.75. The standard InChI is InChI=1S/C22H30N2O2S/c1-14(2)12-24(23)13-15-7-5-6-8-16(15)20-19(21(25)26)17-11-22(3,4)10-9-18(17)27-20/h5-8,14H,9-13,23H2,1-4H3,(H,25,26). The third-order valence-electron chi connectivity index (χ3n) is 5.22. The molecular weight excluding hydrogens is 356 g/mol. The molecular formula is C22H30N2O2S. The summed E-state index contributed by atoms with van der Waals surface area (Å²) in [6.45, 7) is 10.2. The zero-order valence-electron chi connectivity index (χ0n) is 16.7. The number of fused-ring (bicyclic) bond motifs is 1. The van der Waals surface area contributed by atoms with Gasteiger partial charge in [-0.3, -0.25) is 5.84 Å². The molecule has 0 spiro atoms. The van der Waals surface area contributed by atoms with E-state index < -0.39 is 5.97 Å². The summed E-state index contributed by atoms with van der Waals surface area (Å²) in [6.07, 6.45) is 2.90. The maximum atomic E-state index is 12.2. The van der Waals surface area contributed by atoms with E-state index in [2.05, 4.69) is 33.8 Å². The number of rotatable bonds is 6. The van der Waals surface area contributed by atoms with Crippen LogP contribution in [0.2, 0.25) is 0 Å².